The van der Waals surface area contributed by atoms with Crippen LogP contribution in [0.4, 0.5) is 5.13 Å². The van der Waals surface area contributed by atoms with Gasteiger partial charge in [0.25, 0.3) is 0 Å². The second kappa shape index (κ2) is 8.55. The van der Waals surface area contributed by atoms with Gasteiger partial charge < -0.3 is 9.47 Å². The van der Waals surface area contributed by atoms with Crippen molar-refractivity contribution < 1.29 is 14.3 Å². The number of ether oxygens (including phenoxy) is 2. The predicted molar refractivity (Wildman–Crippen MR) is 105 cm³/mol. The lowest BCUT2D eigenvalue weighted by atomic mass is 10.1. The minimum absolute atomic E-state index is 0.162. The van der Waals surface area contributed by atoms with Crippen molar-refractivity contribution in [1.29, 1.82) is 0 Å². The van der Waals surface area contributed by atoms with Gasteiger partial charge >= 0.3 is 0 Å². The van der Waals surface area contributed by atoms with Gasteiger partial charge in [-0.25, -0.2) is 0 Å². The summed E-state index contributed by atoms with van der Waals surface area (Å²) in [5.74, 6) is 2.27. The van der Waals surface area contributed by atoms with E-state index in [9.17, 15) is 4.79 Å². The molecule has 0 aliphatic carbocycles. The lowest BCUT2D eigenvalue weighted by Crippen LogP contribution is -2.07. The summed E-state index contributed by atoms with van der Waals surface area (Å²) in [6, 6.07) is 3.92. The zero-order valence-corrected chi connectivity index (χ0v) is 16.6. The van der Waals surface area contributed by atoms with Gasteiger partial charge in [0.15, 0.2) is 4.34 Å². The van der Waals surface area contributed by atoms with E-state index in [0.29, 0.717) is 11.7 Å². The highest BCUT2D eigenvalue weighted by atomic mass is 32.2. The number of hydrogen-bond acceptors (Lipinski definition) is 7. The molecule has 0 saturated heterocycles. The van der Waals surface area contributed by atoms with Crippen molar-refractivity contribution in [3.8, 4) is 11.5 Å². The molecule has 8 heteroatoms. The molecule has 3 rings (SSSR count). The van der Waals surface area contributed by atoms with Crippen LogP contribution in [0.5, 0.6) is 11.5 Å². The van der Waals surface area contributed by atoms with Crippen molar-refractivity contribution in [1.82, 2.24) is 10.2 Å². The van der Waals surface area contributed by atoms with Crippen LogP contribution < -0.4 is 14.8 Å². The van der Waals surface area contributed by atoms with Crippen molar-refractivity contribution in [2.24, 2.45) is 0 Å². The Balaban J connectivity index is 1.72. The number of hydrogen-bond donors (Lipinski definition) is 1. The third-order valence-electron chi connectivity index (χ3n) is 3.65. The summed E-state index contributed by atoms with van der Waals surface area (Å²) in [4.78, 5) is 12.2. The number of aromatic nitrogens is 2. The molecular weight excluding hydrogens is 370 g/mol. The molecule has 1 aliphatic heterocycles. The average Bonchev–Trinajstić information content (AvgIpc) is 3.18. The summed E-state index contributed by atoms with van der Waals surface area (Å²) in [7, 11) is 0. The zero-order chi connectivity index (χ0) is 18.5. The molecule has 1 aromatic carbocycles. The summed E-state index contributed by atoms with van der Waals surface area (Å²) in [5, 5.41) is 11.2. The lowest BCUT2D eigenvalue weighted by molar-refractivity contribution is -0.111. The Labute approximate surface area is 161 Å². The number of thioether (sulfide) groups is 1. The smallest absolute Gasteiger partial charge is 0.250 e. The third kappa shape index (κ3) is 4.56. The molecule has 1 aromatic heterocycles. The Morgan fingerprint density at radius 1 is 1.46 bits per heavy atom. The SMILES string of the molecule is CCOc1cc2c(cc1/C=C/C(=O)Nc1nnc(SCC)s1)O[C@@H](C)C2. The van der Waals surface area contributed by atoms with Crippen LogP contribution in [0.15, 0.2) is 22.5 Å². The Bertz CT molecular complexity index is 820. The first kappa shape index (κ1) is 18.7. The van der Waals surface area contributed by atoms with Crippen molar-refractivity contribution in [3.63, 3.8) is 0 Å². The Morgan fingerprint density at radius 3 is 3.08 bits per heavy atom. The number of carbonyl (C=O) groups is 1. The number of nitrogens with zero attached hydrogens (tertiary/aromatic N) is 2. The van der Waals surface area contributed by atoms with Crippen molar-refractivity contribution in [3.05, 3.63) is 29.3 Å². The molecule has 6 nitrogen and oxygen atoms in total. The summed E-state index contributed by atoms with van der Waals surface area (Å²) < 4.78 is 12.4. The van der Waals surface area contributed by atoms with Gasteiger partial charge in [0, 0.05) is 23.6 Å². The number of rotatable bonds is 7. The van der Waals surface area contributed by atoms with Gasteiger partial charge in [-0.2, -0.15) is 0 Å². The molecule has 26 heavy (non-hydrogen) atoms. The molecule has 1 aliphatic rings. The minimum Gasteiger partial charge on any atom is -0.493 e. The maximum absolute atomic E-state index is 12.2. The van der Waals surface area contributed by atoms with Crippen LogP contribution in [0, 0.1) is 0 Å². The molecule has 1 N–H and O–H groups in total. The fraction of sp³-hybridized carbons (Fsp3) is 0.389. The van der Waals surface area contributed by atoms with E-state index in [4.69, 9.17) is 9.47 Å². The summed E-state index contributed by atoms with van der Waals surface area (Å²) in [6.07, 6.45) is 4.23. The molecule has 1 atom stereocenters. The van der Waals surface area contributed by atoms with Gasteiger partial charge in [-0.1, -0.05) is 30.0 Å². The van der Waals surface area contributed by atoms with Gasteiger partial charge in [0.2, 0.25) is 11.0 Å². The van der Waals surface area contributed by atoms with Crippen LogP contribution >= 0.6 is 23.1 Å². The van der Waals surface area contributed by atoms with Crippen molar-refractivity contribution in [2.75, 3.05) is 17.7 Å². The van der Waals surface area contributed by atoms with E-state index in [2.05, 4.69) is 15.5 Å². The second-order valence-corrected chi connectivity index (χ2v) is 8.18. The molecule has 1 amide bonds. The van der Waals surface area contributed by atoms with E-state index in [0.717, 1.165) is 39.1 Å². The number of benzene rings is 1. The summed E-state index contributed by atoms with van der Waals surface area (Å²) >= 11 is 2.96. The topological polar surface area (TPSA) is 73.3 Å². The van der Waals surface area contributed by atoms with Crippen LogP contribution in [0.1, 0.15) is 31.9 Å². The molecule has 0 saturated carbocycles. The number of nitrogens with one attached hydrogen (secondary N) is 1. The van der Waals surface area contributed by atoms with Crippen LogP contribution in [-0.2, 0) is 11.2 Å². The first-order valence-corrected chi connectivity index (χ1v) is 10.3. The number of anilines is 1. The summed E-state index contributed by atoms with van der Waals surface area (Å²) in [6.45, 7) is 6.58. The third-order valence-corrected chi connectivity index (χ3v) is 5.50. The Morgan fingerprint density at radius 2 is 2.31 bits per heavy atom. The quantitative estimate of drug-likeness (QED) is 0.436. The number of fused-ring (bicyclic) bond motifs is 1. The number of amides is 1. The largest absolute Gasteiger partial charge is 0.493 e. The monoisotopic (exact) mass is 391 g/mol. The summed E-state index contributed by atoms with van der Waals surface area (Å²) in [5.41, 5.74) is 1.95. The highest BCUT2D eigenvalue weighted by Gasteiger charge is 2.21. The molecule has 0 spiro atoms. The Kier molecular flexibility index (Phi) is 6.16. The normalized spacial score (nSPS) is 15.7. The van der Waals surface area contributed by atoms with Gasteiger partial charge in [0.1, 0.15) is 17.6 Å². The molecular formula is C18H21N3O3S2. The first-order valence-electron chi connectivity index (χ1n) is 8.50. The number of carbonyl (C=O) groups excluding carboxylic acids is 1. The molecule has 2 heterocycles. The Hall–Kier alpha value is -2.06. The average molecular weight is 392 g/mol. The van der Waals surface area contributed by atoms with E-state index in [1.807, 2.05) is 32.9 Å². The van der Waals surface area contributed by atoms with E-state index in [1.165, 1.54) is 17.4 Å². The van der Waals surface area contributed by atoms with Gasteiger partial charge in [-0.3, -0.25) is 10.1 Å². The highest BCUT2D eigenvalue weighted by Crippen LogP contribution is 2.35. The van der Waals surface area contributed by atoms with Crippen LogP contribution in [0.2, 0.25) is 0 Å². The van der Waals surface area contributed by atoms with E-state index in [1.54, 1.807) is 17.8 Å². The van der Waals surface area contributed by atoms with E-state index < -0.39 is 0 Å². The first-order chi connectivity index (χ1) is 12.6. The van der Waals surface area contributed by atoms with Gasteiger partial charge in [0.05, 0.1) is 6.61 Å². The lowest BCUT2D eigenvalue weighted by Gasteiger charge is -2.10. The second-order valence-electron chi connectivity index (χ2n) is 5.69. The van der Waals surface area contributed by atoms with Crippen molar-refractivity contribution in [2.45, 2.75) is 37.6 Å². The van der Waals surface area contributed by atoms with E-state index >= 15 is 0 Å². The van der Waals surface area contributed by atoms with Crippen LogP contribution in [0.25, 0.3) is 6.08 Å². The highest BCUT2D eigenvalue weighted by molar-refractivity contribution is 8.01. The van der Waals surface area contributed by atoms with Crippen LogP contribution in [-0.4, -0.2) is 34.6 Å². The zero-order valence-electron chi connectivity index (χ0n) is 14.9. The fourth-order valence-corrected chi connectivity index (χ4v) is 4.27. The van der Waals surface area contributed by atoms with E-state index in [-0.39, 0.29) is 12.0 Å². The van der Waals surface area contributed by atoms with Crippen molar-refractivity contribution >= 4 is 40.2 Å². The molecule has 0 fully saturated rings. The van der Waals surface area contributed by atoms with Crippen LogP contribution in [0.3, 0.4) is 0 Å². The maximum Gasteiger partial charge on any atom is 0.250 e. The predicted octanol–water partition coefficient (Wildman–Crippen LogP) is 4.02. The maximum atomic E-state index is 12.2. The molecule has 0 bridgehead atoms. The fourth-order valence-electron chi connectivity index (χ4n) is 2.62. The molecule has 138 valence electrons. The molecule has 2 aromatic rings. The van der Waals surface area contributed by atoms with Gasteiger partial charge in [-0.15, -0.1) is 10.2 Å². The molecule has 0 unspecified atom stereocenters. The standard InChI is InChI=1S/C18H21N3O3S2/c1-4-23-14-10-13-8-11(3)24-15(13)9-12(14)6-7-16(22)19-17-20-21-18(26-17)25-5-2/h6-7,9-11H,4-5,8H2,1-3H3,(H,19,20,22)/b7-6+/t11-/m0/s1. The molecule has 0 radical (unpaired) electrons. The van der Waals surface area contributed by atoms with Gasteiger partial charge in [-0.05, 0) is 37.8 Å². The minimum atomic E-state index is -0.258.